The SMILES string of the molecule is CCOc1ccc(NC(=O)c2cc3ccccc3c(N=Nc3cc(Cl)cc(S(=O)(=O)O)c3CC)c2O)cc1Cl. The predicted octanol–water partition coefficient (Wildman–Crippen LogP) is 7.73. The number of amides is 1. The number of aromatic hydroxyl groups is 1. The molecule has 3 N–H and O–H groups in total. The van der Waals surface area contributed by atoms with Crippen LogP contribution in [0.4, 0.5) is 17.1 Å². The zero-order valence-electron chi connectivity index (χ0n) is 20.8. The molecule has 0 heterocycles. The number of halogens is 2. The molecular weight excluding hydrogens is 565 g/mol. The fraction of sp³-hybridized carbons (Fsp3) is 0.148. The van der Waals surface area contributed by atoms with Gasteiger partial charge in [0.05, 0.1) is 22.9 Å². The summed E-state index contributed by atoms with van der Waals surface area (Å²) >= 11 is 12.3. The molecule has 9 nitrogen and oxygen atoms in total. The third kappa shape index (κ3) is 6.15. The van der Waals surface area contributed by atoms with E-state index in [1.165, 1.54) is 18.2 Å². The Hall–Kier alpha value is -3.70. The summed E-state index contributed by atoms with van der Waals surface area (Å²) < 4.78 is 38.8. The molecular formula is C27H23Cl2N3O6S. The number of nitrogens with one attached hydrogen (secondary N) is 1. The van der Waals surface area contributed by atoms with Gasteiger partial charge in [0.15, 0.2) is 5.75 Å². The van der Waals surface area contributed by atoms with Crippen LogP contribution in [0, 0.1) is 0 Å². The summed E-state index contributed by atoms with van der Waals surface area (Å²) in [6, 6.07) is 15.7. The van der Waals surface area contributed by atoms with Crippen LogP contribution in [-0.2, 0) is 16.5 Å². The number of fused-ring (bicyclic) bond motifs is 1. The van der Waals surface area contributed by atoms with Crippen LogP contribution in [0.5, 0.6) is 11.5 Å². The van der Waals surface area contributed by atoms with Gasteiger partial charge in [-0.25, -0.2) is 0 Å². The van der Waals surface area contributed by atoms with E-state index in [9.17, 15) is 22.9 Å². The number of hydrogen-bond donors (Lipinski definition) is 3. The second-order valence-corrected chi connectivity index (χ2v) is 10.5. The van der Waals surface area contributed by atoms with Crippen LogP contribution in [0.15, 0.2) is 75.8 Å². The van der Waals surface area contributed by atoms with E-state index in [1.807, 2.05) is 6.92 Å². The van der Waals surface area contributed by atoms with Crippen molar-refractivity contribution in [2.45, 2.75) is 25.2 Å². The van der Waals surface area contributed by atoms with Crippen LogP contribution in [0.3, 0.4) is 0 Å². The quantitative estimate of drug-likeness (QED) is 0.142. The third-order valence-electron chi connectivity index (χ3n) is 5.77. The Morgan fingerprint density at radius 1 is 1.03 bits per heavy atom. The second-order valence-electron chi connectivity index (χ2n) is 8.31. The number of benzene rings is 4. The lowest BCUT2D eigenvalue weighted by molar-refractivity contribution is 0.102. The topological polar surface area (TPSA) is 138 Å². The average molecular weight is 588 g/mol. The molecule has 4 rings (SSSR count). The molecule has 0 bridgehead atoms. The molecule has 0 spiro atoms. The van der Waals surface area contributed by atoms with Crippen molar-refractivity contribution in [3.05, 3.63) is 81.8 Å². The number of rotatable bonds is 8. The zero-order chi connectivity index (χ0) is 28.3. The van der Waals surface area contributed by atoms with Crippen molar-refractivity contribution in [3.8, 4) is 11.5 Å². The summed E-state index contributed by atoms with van der Waals surface area (Å²) in [5, 5.41) is 23.6. The Morgan fingerprint density at radius 3 is 2.44 bits per heavy atom. The second kappa shape index (κ2) is 11.6. The first kappa shape index (κ1) is 28.3. The normalized spacial score (nSPS) is 11.7. The van der Waals surface area contributed by atoms with Gasteiger partial charge in [0, 0.05) is 21.7 Å². The Labute approximate surface area is 234 Å². The summed E-state index contributed by atoms with van der Waals surface area (Å²) in [4.78, 5) is 12.8. The minimum Gasteiger partial charge on any atom is -0.505 e. The maximum atomic E-state index is 13.2. The third-order valence-corrected chi connectivity index (χ3v) is 7.20. The molecule has 0 aliphatic carbocycles. The zero-order valence-corrected chi connectivity index (χ0v) is 23.1. The van der Waals surface area contributed by atoms with E-state index >= 15 is 0 Å². The van der Waals surface area contributed by atoms with Crippen LogP contribution >= 0.6 is 23.2 Å². The molecule has 0 aliphatic heterocycles. The molecule has 202 valence electrons. The maximum absolute atomic E-state index is 13.2. The Morgan fingerprint density at radius 2 is 1.77 bits per heavy atom. The molecule has 0 saturated carbocycles. The lowest BCUT2D eigenvalue weighted by atomic mass is 10.0. The number of nitrogens with zero attached hydrogens (tertiary/aromatic N) is 2. The Bertz CT molecular complexity index is 1720. The fourth-order valence-electron chi connectivity index (χ4n) is 4.02. The first-order valence-corrected chi connectivity index (χ1v) is 13.9. The van der Waals surface area contributed by atoms with Crippen LogP contribution in [0.2, 0.25) is 10.0 Å². The number of ether oxygens (including phenoxy) is 1. The van der Waals surface area contributed by atoms with Crippen LogP contribution in [-0.4, -0.2) is 30.6 Å². The van der Waals surface area contributed by atoms with Crippen molar-refractivity contribution in [1.29, 1.82) is 0 Å². The lowest BCUT2D eigenvalue weighted by Gasteiger charge is -2.13. The average Bonchev–Trinajstić information content (AvgIpc) is 2.88. The van der Waals surface area contributed by atoms with E-state index in [2.05, 4.69) is 15.5 Å². The number of carbonyl (C=O) groups excluding carboxylic acids is 1. The largest absolute Gasteiger partial charge is 0.505 e. The van der Waals surface area contributed by atoms with Crippen LogP contribution in [0.1, 0.15) is 29.8 Å². The van der Waals surface area contributed by atoms with Gasteiger partial charge in [-0.2, -0.15) is 13.5 Å². The predicted molar refractivity (Wildman–Crippen MR) is 151 cm³/mol. The number of anilines is 1. The first-order chi connectivity index (χ1) is 18.5. The van der Waals surface area contributed by atoms with Gasteiger partial charge in [-0.3, -0.25) is 9.35 Å². The fourth-order valence-corrected chi connectivity index (χ4v) is 5.37. The number of hydrogen-bond acceptors (Lipinski definition) is 7. The van der Waals surface area contributed by atoms with Crippen molar-refractivity contribution < 1.29 is 27.6 Å². The first-order valence-electron chi connectivity index (χ1n) is 11.7. The molecule has 1 amide bonds. The molecule has 0 aromatic heterocycles. The maximum Gasteiger partial charge on any atom is 0.294 e. The van der Waals surface area contributed by atoms with E-state index in [0.717, 1.165) is 6.07 Å². The molecule has 0 radical (unpaired) electrons. The van der Waals surface area contributed by atoms with Crippen LogP contribution in [0.25, 0.3) is 10.8 Å². The van der Waals surface area contributed by atoms with E-state index < -0.39 is 21.8 Å². The van der Waals surface area contributed by atoms with Crippen LogP contribution < -0.4 is 10.1 Å². The highest BCUT2D eigenvalue weighted by molar-refractivity contribution is 7.85. The number of azo groups is 1. The van der Waals surface area contributed by atoms with Gasteiger partial charge in [0.2, 0.25) is 0 Å². The molecule has 4 aromatic carbocycles. The van der Waals surface area contributed by atoms with Crippen molar-refractivity contribution in [2.75, 3.05) is 11.9 Å². The van der Waals surface area contributed by atoms with E-state index in [4.69, 9.17) is 27.9 Å². The molecule has 39 heavy (non-hydrogen) atoms. The lowest BCUT2D eigenvalue weighted by Crippen LogP contribution is -2.12. The number of phenols is 1. The summed E-state index contributed by atoms with van der Waals surface area (Å²) in [5.74, 6) is -0.597. The summed E-state index contributed by atoms with van der Waals surface area (Å²) in [6.45, 7) is 3.94. The highest BCUT2D eigenvalue weighted by Gasteiger charge is 2.21. The van der Waals surface area contributed by atoms with E-state index in [-0.39, 0.29) is 38.8 Å². The summed E-state index contributed by atoms with van der Waals surface area (Å²) in [5.41, 5.74) is 0.565. The highest BCUT2D eigenvalue weighted by atomic mass is 35.5. The molecule has 0 unspecified atom stereocenters. The van der Waals surface area contributed by atoms with Gasteiger partial charge in [0.1, 0.15) is 16.3 Å². The summed E-state index contributed by atoms with van der Waals surface area (Å²) in [6.07, 6.45) is 0.195. The highest BCUT2D eigenvalue weighted by Crippen LogP contribution is 2.41. The Balaban J connectivity index is 1.79. The van der Waals surface area contributed by atoms with Gasteiger partial charge in [0.25, 0.3) is 16.0 Å². The number of phenolic OH excluding ortho intramolecular Hbond substituents is 1. The van der Waals surface area contributed by atoms with Crippen molar-refractivity contribution in [3.63, 3.8) is 0 Å². The van der Waals surface area contributed by atoms with Gasteiger partial charge in [-0.1, -0.05) is 54.4 Å². The number of carbonyl (C=O) groups is 1. The van der Waals surface area contributed by atoms with Gasteiger partial charge in [-0.05, 0) is 55.1 Å². The van der Waals surface area contributed by atoms with Crippen molar-refractivity contribution in [1.82, 2.24) is 0 Å². The van der Waals surface area contributed by atoms with Gasteiger partial charge in [-0.15, -0.1) is 5.11 Å². The minimum atomic E-state index is -4.58. The van der Waals surface area contributed by atoms with Crippen molar-refractivity contribution in [2.24, 2.45) is 10.2 Å². The molecule has 0 saturated heterocycles. The standard InChI is InChI=1S/C27H23Cl2N3O6S/c1-3-18-22(12-16(28)13-24(18)39(35,36)37)31-32-25-19-8-6-5-7-15(19)11-20(26(25)33)27(34)30-17-9-10-23(38-4-2)21(29)14-17/h5-14,33H,3-4H2,1-2H3,(H,30,34)(H,35,36,37). The minimum absolute atomic E-state index is 0.0154. The Kier molecular flexibility index (Phi) is 8.41. The molecule has 0 fully saturated rings. The van der Waals surface area contributed by atoms with Crippen molar-refractivity contribution >= 4 is 67.1 Å². The smallest absolute Gasteiger partial charge is 0.294 e. The van der Waals surface area contributed by atoms with E-state index in [1.54, 1.807) is 43.3 Å². The molecule has 4 aromatic rings. The van der Waals surface area contributed by atoms with E-state index in [0.29, 0.717) is 33.8 Å². The van der Waals surface area contributed by atoms with Gasteiger partial charge < -0.3 is 15.2 Å². The molecule has 0 atom stereocenters. The van der Waals surface area contributed by atoms with Gasteiger partial charge >= 0.3 is 0 Å². The molecule has 12 heteroatoms. The summed E-state index contributed by atoms with van der Waals surface area (Å²) in [7, 11) is -4.58. The monoisotopic (exact) mass is 587 g/mol. The molecule has 0 aliphatic rings.